The number of benzene rings is 4. The van der Waals surface area contributed by atoms with Crippen LogP contribution in [0.4, 0.5) is 0 Å². The molecule has 0 aliphatic rings. The first kappa shape index (κ1) is 26.1. The molecule has 0 aliphatic heterocycles. The fourth-order valence-electron chi connectivity index (χ4n) is 5.14. The average molecular weight is 511 g/mol. The summed E-state index contributed by atoms with van der Waals surface area (Å²) in [4.78, 5) is 13.3. The number of rotatable bonds is 7. The van der Waals surface area contributed by atoms with Crippen molar-refractivity contribution in [3.63, 3.8) is 0 Å². The molecule has 0 spiro atoms. The summed E-state index contributed by atoms with van der Waals surface area (Å²) in [6, 6.07) is 32.7. The highest BCUT2D eigenvalue weighted by Crippen LogP contribution is 2.28. The first-order valence-corrected chi connectivity index (χ1v) is 13.5. The third-order valence-electron chi connectivity index (χ3n) is 7.66. The highest BCUT2D eigenvalue weighted by Gasteiger charge is 2.18. The molecular weight excluding hydrogens is 476 g/mol. The fraction of sp³-hybridized carbons (Fsp3) is 0.194. The average Bonchev–Trinajstić information content (AvgIpc) is 3.20. The van der Waals surface area contributed by atoms with Crippen LogP contribution in [0.15, 0.2) is 97.1 Å². The second-order valence-corrected chi connectivity index (χ2v) is 10.5. The molecule has 0 bridgehead atoms. The lowest BCUT2D eigenvalue weighted by atomic mass is 9.97. The van der Waals surface area contributed by atoms with E-state index < -0.39 is 6.04 Å². The number of hydrogen-bond donors (Lipinski definition) is 1. The van der Waals surface area contributed by atoms with Crippen LogP contribution in [0.2, 0.25) is 0 Å². The van der Waals surface area contributed by atoms with Crippen molar-refractivity contribution in [3.8, 4) is 23.5 Å². The zero-order valence-corrected chi connectivity index (χ0v) is 23.0. The van der Waals surface area contributed by atoms with Crippen molar-refractivity contribution >= 4 is 16.8 Å². The monoisotopic (exact) mass is 510 g/mol. The number of nitrogens with zero attached hydrogens (tertiary/aromatic N) is 1. The third-order valence-corrected chi connectivity index (χ3v) is 7.66. The molecule has 1 aromatic heterocycles. The van der Waals surface area contributed by atoms with Gasteiger partial charge in [0.1, 0.15) is 6.04 Å². The number of nitrogens with one attached hydrogen (secondary N) is 1. The van der Waals surface area contributed by atoms with Crippen LogP contribution in [0.1, 0.15) is 64.1 Å². The van der Waals surface area contributed by atoms with Gasteiger partial charge >= 0.3 is 0 Å². The maximum Gasteiger partial charge on any atom is 0.252 e. The Morgan fingerprint density at radius 1 is 0.846 bits per heavy atom. The minimum Gasteiger partial charge on any atom is -0.340 e. The lowest BCUT2D eigenvalue weighted by Crippen LogP contribution is -2.27. The van der Waals surface area contributed by atoms with Crippen LogP contribution in [0.3, 0.4) is 0 Å². The highest BCUT2D eigenvalue weighted by molar-refractivity contribution is 5.99. The molecule has 0 saturated carbocycles. The number of aromatic nitrogens is 1. The van der Waals surface area contributed by atoms with Crippen molar-refractivity contribution < 1.29 is 4.79 Å². The van der Waals surface area contributed by atoms with E-state index in [1.165, 1.54) is 33.5 Å². The van der Waals surface area contributed by atoms with Gasteiger partial charge in [0.05, 0.1) is 0 Å². The lowest BCUT2D eigenvalue weighted by Gasteiger charge is -2.16. The van der Waals surface area contributed by atoms with Gasteiger partial charge in [0.25, 0.3) is 5.91 Å². The summed E-state index contributed by atoms with van der Waals surface area (Å²) in [6.45, 7) is 9.32. The predicted molar refractivity (Wildman–Crippen MR) is 162 cm³/mol. The molecule has 1 heterocycles. The quantitative estimate of drug-likeness (QED) is 0.220. The minimum atomic E-state index is -0.488. The van der Waals surface area contributed by atoms with Crippen molar-refractivity contribution in [1.82, 2.24) is 9.88 Å². The molecule has 1 atom stereocenters. The molecule has 3 nitrogen and oxygen atoms in total. The van der Waals surface area contributed by atoms with E-state index in [2.05, 4.69) is 104 Å². The van der Waals surface area contributed by atoms with Gasteiger partial charge in [-0.15, -0.1) is 6.42 Å². The van der Waals surface area contributed by atoms with Crippen molar-refractivity contribution in [2.45, 2.75) is 46.2 Å². The number of terminal acetylenes is 1. The Hall–Kier alpha value is -4.55. The predicted octanol–water partition coefficient (Wildman–Crippen LogP) is 8.20. The number of fused-ring (bicyclic) bond motifs is 1. The fourth-order valence-corrected chi connectivity index (χ4v) is 5.14. The Morgan fingerprint density at radius 3 is 2.23 bits per heavy atom. The molecule has 1 amide bonds. The largest absolute Gasteiger partial charge is 0.340 e. The lowest BCUT2D eigenvalue weighted by molar-refractivity contribution is 0.0945. The van der Waals surface area contributed by atoms with Gasteiger partial charge in [-0.3, -0.25) is 4.79 Å². The topological polar surface area (TPSA) is 34.0 Å². The standard InChI is InChI=1S/C36H34N2O/c1-6-34(31-14-10-13-30(21-31)24(2)3)37-36(39)32-19-20-35-33(22-32)25(4)26(5)38(35)23-27-15-17-29(18-16-27)28-11-8-7-9-12-28/h1,7-22,24,34H,23H2,2-5H3,(H,37,39)/t34-/m0/s1. The first-order chi connectivity index (χ1) is 18.9. The SMILES string of the molecule is C#C[C@H](NC(=O)c1ccc2c(c1)c(C)c(C)n2Cc1ccc(-c2ccccc2)cc1)c1cccc(C(C)C)c1. The molecule has 3 heteroatoms. The van der Waals surface area contributed by atoms with Gasteiger partial charge in [-0.2, -0.15) is 0 Å². The summed E-state index contributed by atoms with van der Waals surface area (Å²) in [7, 11) is 0. The number of aryl methyl sites for hydroxylation is 1. The molecule has 5 aromatic rings. The van der Waals surface area contributed by atoms with E-state index in [1.54, 1.807) is 0 Å². The second-order valence-electron chi connectivity index (χ2n) is 10.5. The van der Waals surface area contributed by atoms with Gasteiger partial charge < -0.3 is 9.88 Å². The van der Waals surface area contributed by atoms with E-state index in [0.29, 0.717) is 11.5 Å². The van der Waals surface area contributed by atoms with E-state index in [9.17, 15) is 4.79 Å². The van der Waals surface area contributed by atoms with Crippen molar-refractivity contribution in [3.05, 3.63) is 131 Å². The minimum absolute atomic E-state index is 0.170. The van der Waals surface area contributed by atoms with Crippen LogP contribution in [0.5, 0.6) is 0 Å². The Kier molecular flexibility index (Phi) is 7.39. The Morgan fingerprint density at radius 2 is 1.54 bits per heavy atom. The van der Waals surface area contributed by atoms with Gasteiger partial charge in [0.2, 0.25) is 0 Å². The number of hydrogen-bond acceptors (Lipinski definition) is 1. The highest BCUT2D eigenvalue weighted by atomic mass is 16.1. The summed E-state index contributed by atoms with van der Waals surface area (Å²) >= 11 is 0. The molecule has 194 valence electrons. The van der Waals surface area contributed by atoms with Crippen LogP contribution in [0, 0.1) is 26.2 Å². The molecule has 4 aromatic carbocycles. The molecule has 1 N–H and O–H groups in total. The van der Waals surface area contributed by atoms with Gasteiger partial charge in [-0.1, -0.05) is 98.6 Å². The first-order valence-electron chi connectivity index (χ1n) is 13.5. The zero-order valence-electron chi connectivity index (χ0n) is 23.0. The Balaban J connectivity index is 1.38. The number of carbonyl (C=O) groups excluding carboxylic acids is 1. The van der Waals surface area contributed by atoms with Crippen LogP contribution in [-0.2, 0) is 6.54 Å². The van der Waals surface area contributed by atoms with E-state index in [1.807, 2.05) is 36.4 Å². The Bertz CT molecular complexity index is 1670. The van der Waals surface area contributed by atoms with E-state index in [-0.39, 0.29) is 5.91 Å². The van der Waals surface area contributed by atoms with Crippen LogP contribution >= 0.6 is 0 Å². The third kappa shape index (κ3) is 5.38. The van der Waals surface area contributed by atoms with Crippen LogP contribution in [-0.4, -0.2) is 10.5 Å². The second kappa shape index (κ2) is 11.1. The summed E-state index contributed by atoms with van der Waals surface area (Å²) in [5, 5.41) is 4.13. The zero-order chi connectivity index (χ0) is 27.5. The Labute approximate surface area is 231 Å². The molecule has 0 fully saturated rings. The molecule has 39 heavy (non-hydrogen) atoms. The van der Waals surface area contributed by atoms with E-state index >= 15 is 0 Å². The normalized spacial score (nSPS) is 11.9. The maximum absolute atomic E-state index is 13.3. The maximum atomic E-state index is 13.3. The van der Waals surface area contributed by atoms with Crippen molar-refractivity contribution in [2.75, 3.05) is 0 Å². The van der Waals surface area contributed by atoms with Crippen LogP contribution < -0.4 is 5.32 Å². The summed E-state index contributed by atoms with van der Waals surface area (Å²) < 4.78 is 2.32. The summed E-state index contributed by atoms with van der Waals surface area (Å²) in [5.41, 5.74) is 9.88. The molecule has 0 saturated heterocycles. The van der Waals surface area contributed by atoms with Crippen molar-refractivity contribution in [1.29, 1.82) is 0 Å². The number of amides is 1. The summed E-state index contributed by atoms with van der Waals surface area (Å²) in [6.07, 6.45) is 5.84. The smallest absolute Gasteiger partial charge is 0.252 e. The molecule has 0 unspecified atom stereocenters. The molecule has 0 radical (unpaired) electrons. The summed E-state index contributed by atoms with van der Waals surface area (Å²) in [5.74, 6) is 2.97. The van der Waals surface area contributed by atoms with E-state index in [0.717, 1.165) is 23.0 Å². The van der Waals surface area contributed by atoms with Gasteiger partial charge in [-0.25, -0.2) is 0 Å². The molecular formula is C36H34N2O. The number of carbonyl (C=O) groups is 1. The van der Waals surface area contributed by atoms with Gasteiger partial charge in [0.15, 0.2) is 0 Å². The van der Waals surface area contributed by atoms with E-state index in [4.69, 9.17) is 6.42 Å². The molecule has 0 aliphatic carbocycles. The van der Waals surface area contributed by atoms with Crippen LogP contribution in [0.25, 0.3) is 22.0 Å². The molecule has 5 rings (SSSR count). The van der Waals surface area contributed by atoms with Crippen molar-refractivity contribution in [2.24, 2.45) is 0 Å². The van der Waals surface area contributed by atoms with Gasteiger partial charge in [-0.05, 0) is 71.3 Å². The van der Waals surface area contributed by atoms with Gasteiger partial charge in [0, 0.05) is 28.7 Å².